The number of pyridine rings is 1. The van der Waals surface area contributed by atoms with E-state index in [1.807, 2.05) is 35.0 Å². The van der Waals surface area contributed by atoms with Crippen molar-refractivity contribution in [3.63, 3.8) is 0 Å². The minimum absolute atomic E-state index is 0.0379. The van der Waals surface area contributed by atoms with E-state index in [-0.39, 0.29) is 17.4 Å². The van der Waals surface area contributed by atoms with Crippen LogP contribution in [-0.2, 0) is 21.3 Å². The number of halogens is 1. The summed E-state index contributed by atoms with van der Waals surface area (Å²) in [5.74, 6) is 2.36. The zero-order valence-corrected chi connectivity index (χ0v) is 17.3. The van der Waals surface area contributed by atoms with Crippen LogP contribution < -0.4 is 4.90 Å². The van der Waals surface area contributed by atoms with Crippen LogP contribution in [0.3, 0.4) is 0 Å². The van der Waals surface area contributed by atoms with Crippen LogP contribution in [0, 0.1) is 0 Å². The van der Waals surface area contributed by atoms with E-state index in [9.17, 15) is 8.42 Å². The van der Waals surface area contributed by atoms with E-state index in [2.05, 4.69) is 20.1 Å². The molecule has 0 bridgehead atoms. The fourth-order valence-corrected chi connectivity index (χ4v) is 5.81. The number of piperidine rings is 1. The maximum atomic E-state index is 12.6. The van der Waals surface area contributed by atoms with Crippen molar-refractivity contribution in [1.29, 1.82) is 0 Å². The van der Waals surface area contributed by atoms with E-state index in [4.69, 9.17) is 11.6 Å². The van der Waals surface area contributed by atoms with Crippen molar-refractivity contribution in [2.24, 2.45) is 0 Å². The Bertz CT molecular complexity index is 1150. The zero-order valence-electron chi connectivity index (χ0n) is 15.7. The van der Waals surface area contributed by atoms with Crippen LogP contribution in [0.15, 0.2) is 42.6 Å². The van der Waals surface area contributed by atoms with Gasteiger partial charge in [0.25, 0.3) is 0 Å². The summed E-state index contributed by atoms with van der Waals surface area (Å²) in [6, 6.07) is 11.3. The van der Waals surface area contributed by atoms with Gasteiger partial charge in [-0.2, -0.15) is 0 Å². The maximum Gasteiger partial charge on any atom is 0.161 e. The number of sulfone groups is 1. The molecule has 5 rings (SSSR count). The highest BCUT2D eigenvalue weighted by Gasteiger charge is 2.32. The van der Waals surface area contributed by atoms with Crippen molar-refractivity contribution >= 4 is 27.3 Å². The molecular formula is C20H20ClN5O2S. The summed E-state index contributed by atoms with van der Waals surface area (Å²) >= 11 is 6.14. The van der Waals surface area contributed by atoms with Gasteiger partial charge in [0, 0.05) is 30.2 Å². The van der Waals surface area contributed by atoms with Crippen LogP contribution in [-0.4, -0.2) is 41.3 Å². The Labute approximate surface area is 174 Å². The molecule has 29 heavy (non-hydrogen) atoms. The van der Waals surface area contributed by atoms with Gasteiger partial charge >= 0.3 is 0 Å². The minimum atomic E-state index is -3.32. The number of hydrogen-bond donors (Lipinski definition) is 0. The summed E-state index contributed by atoms with van der Waals surface area (Å²) in [5.41, 5.74) is 1.51. The van der Waals surface area contributed by atoms with Gasteiger partial charge in [-0.1, -0.05) is 17.7 Å². The smallest absolute Gasteiger partial charge is 0.161 e. The Morgan fingerprint density at radius 3 is 2.62 bits per heavy atom. The molecule has 0 unspecified atom stereocenters. The predicted octanol–water partition coefficient (Wildman–Crippen LogP) is 3.13. The quantitative estimate of drug-likeness (QED) is 0.622. The molecule has 0 radical (unpaired) electrons. The van der Waals surface area contributed by atoms with Crippen molar-refractivity contribution in [3.8, 4) is 5.69 Å². The Morgan fingerprint density at radius 2 is 1.86 bits per heavy atom. The lowest BCUT2D eigenvalue weighted by Gasteiger charge is -2.32. The first-order valence-electron chi connectivity index (χ1n) is 9.59. The molecule has 9 heteroatoms. The molecule has 3 aromatic rings. The molecule has 1 fully saturated rings. The van der Waals surface area contributed by atoms with Crippen LogP contribution in [0.5, 0.6) is 0 Å². The van der Waals surface area contributed by atoms with Gasteiger partial charge in [0.1, 0.15) is 17.4 Å². The lowest BCUT2D eigenvalue weighted by Crippen LogP contribution is -2.34. The van der Waals surface area contributed by atoms with Gasteiger partial charge < -0.3 is 4.90 Å². The Morgan fingerprint density at radius 1 is 1.03 bits per heavy atom. The predicted molar refractivity (Wildman–Crippen MR) is 111 cm³/mol. The van der Waals surface area contributed by atoms with E-state index in [1.54, 1.807) is 12.1 Å². The van der Waals surface area contributed by atoms with Gasteiger partial charge in [-0.25, -0.2) is 13.4 Å². The second-order valence-corrected chi connectivity index (χ2v) is 10.1. The number of fused-ring (bicyclic) bond motifs is 3. The average molecular weight is 430 g/mol. The molecule has 1 saturated heterocycles. The molecule has 2 aliphatic rings. The topological polar surface area (TPSA) is 81.0 Å². The fourth-order valence-electron chi connectivity index (χ4n) is 4.23. The second-order valence-electron chi connectivity index (χ2n) is 7.56. The van der Waals surface area contributed by atoms with Crippen LogP contribution >= 0.6 is 11.6 Å². The molecule has 0 N–H and O–H groups in total. The van der Waals surface area contributed by atoms with Crippen molar-refractivity contribution < 1.29 is 8.42 Å². The molecule has 2 aromatic heterocycles. The van der Waals surface area contributed by atoms with Gasteiger partial charge in [0.15, 0.2) is 15.7 Å². The van der Waals surface area contributed by atoms with E-state index in [1.165, 1.54) is 0 Å². The molecule has 150 valence electrons. The van der Waals surface area contributed by atoms with Gasteiger partial charge in [-0.15, -0.1) is 10.2 Å². The number of benzene rings is 1. The van der Waals surface area contributed by atoms with Gasteiger partial charge in [0.05, 0.1) is 11.4 Å². The summed E-state index contributed by atoms with van der Waals surface area (Å²) in [6.45, 7) is 1.74. The van der Waals surface area contributed by atoms with Crippen molar-refractivity contribution in [2.75, 3.05) is 18.0 Å². The van der Waals surface area contributed by atoms with Crippen molar-refractivity contribution in [3.05, 3.63) is 64.8 Å². The van der Waals surface area contributed by atoms with E-state index in [0.717, 1.165) is 43.3 Å². The SMILES string of the molecule is O=S1(=O)Cc2cc(Cl)ccc2-n2c(nnc2C2CCN(c3ccccn3)CC2)C1. The highest BCUT2D eigenvalue weighted by molar-refractivity contribution is 7.89. The first-order valence-corrected chi connectivity index (χ1v) is 11.8. The molecular weight excluding hydrogens is 410 g/mol. The van der Waals surface area contributed by atoms with Crippen LogP contribution in [0.2, 0.25) is 5.02 Å². The summed E-state index contributed by atoms with van der Waals surface area (Å²) in [7, 11) is -3.32. The standard InChI is InChI=1S/C20H20ClN5O2S/c21-16-4-5-17-15(11-16)12-29(27,28)13-19-23-24-20(26(17)19)14-6-9-25(10-7-14)18-3-1-2-8-22-18/h1-5,8,11,14H,6-7,9-10,12-13H2. The highest BCUT2D eigenvalue weighted by Crippen LogP contribution is 2.34. The molecule has 1 aromatic carbocycles. The summed E-state index contributed by atoms with van der Waals surface area (Å²) in [5, 5.41) is 9.22. The maximum absolute atomic E-state index is 12.6. The van der Waals surface area contributed by atoms with Gasteiger partial charge in [-0.05, 0) is 48.7 Å². The summed E-state index contributed by atoms with van der Waals surface area (Å²) in [6.07, 6.45) is 3.62. The number of anilines is 1. The van der Waals surface area contributed by atoms with Gasteiger partial charge in [0.2, 0.25) is 0 Å². The first-order chi connectivity index (χ1) is 14.0. The monoisotopic (exact) mass is 429 g/mol. The number of nitrogens with zero attached hydrogens (tertiary/aromatic N) is 5. The third-order valence-corrected chi connectivity index (χ3v) is 7.28. The minimum Gasteiger partial charge on any atom is -0.357 e. The zero-order chi connectivity index (χ0) is 20.0. The third-order valence-electron chi connectivity index (χ3n) is 5.60. The molecule has 0 aliphatic carbocycles. The molecule has 2 aliphatic heterocycles. The third kappa shape index (κ3) is 3.51. The van der Waals surface area contributed by atoms with Crippen LogP contribution in [0.1, 0.15) is 36.0 Å². The average Bonchev–Trinajstić information content (AvgIpc) is 3.06. The van der Waals surface area contributed by atoms with Gasteiger partial charge in [-0.3, -0.25) is 4.57 Å². The second kappa shape index (κ2) is 7.11. The fraction of sp³-hybridized carbons (Fsp3) is 0.350. The Hall–Kier alpha value is -2.45. The molecule has 7 nitrogen and oxygen atoms in total. The molecule has 0 saturated carbocycles. The van der Waals surface area contributed by atoms with Crippen LogP contribution in [0.25, 0.3) is 5.69 Å². The normalized spacial score (nSPS) is 18.7. The number of rotatable bonds is 2. The lowest BCUT2D eigenvalue weighted by atomic mass is 9.95. The van der Waals surface area contributed by atoms with E-state index < -0.39 is 9.84 Å². The van der Waals surface area contributed by atoms with Crippen molar-refractivity contribution in [2.45, 2.75) is 30.3 Å². The first kappa shape index (κ1) is 18.6. The molecule has 0 spiro atoms. The van der Waals surface area contributed by atoms with E-state index in [0.29, 0.717) is 16.4 Å². The van der Waals surface area contributed by atoms with Crippen molar-refractivity contribution in [1.82, 2.24) is 19.7 Å². The summed E-state index contributed by atoms with van der Waals surface area (Å²) < 4.78 is 27.1. The largest absolute Gasteiger partial charge is 0.357 e. The lowest BCUT2D eigenvalue weighted by molar-refractivity contribution is 0.477. The highest BCUT2D eigenvalue weighted by atomic mass is 35.5. The summed E-state index contributed by atoms with van der Waals surface area (Å²) in [4.78, 5) is 6.71. The Kier molecular flexibility index (Phi) is 4.55. The number of hydrogen-bond acceptors (Lipinski definition) is 6. The van der Waals surface area contributed by atoms with E-state index >= 15 is 0 Å². The number of aromatic nitrogens is 4. The molecule has 0 amide bonds. The molecule has 4 heterocycles. The Balaban J connectivity index is 1.49. The molecule has 0 atom stereocenters. The van der Waals surface area contributed by atoms with Crippen LogP contribution in [0.4, 0.5) is 5.82 Å².